The van der Waals surface area contributed by atoms with Crippen molar-refractivity contribution in [2.45, 2.75) is 30.7 Å². The van der Waals surface area contributed by atoms with Crippen molar-refractivity contribution in [3.8, 4) is 5.75 Å². The predicted octanol–water partition coefficient (Wildman–Crippen LogP) is 1.77. The smallest absolute Gasteiger partial charge is 0.244 e. The summed E-state index contributed by atoms with van der Waals surface area (Å²) < 4.78 is 38.5. The van der Waals surface area contributed by atoms with Crippen LogP contribution in [0.15, 0.2) is 23.1 Å². The molecule has 1 aromatic rings. The second-order valence-corrected chi connectivity index (χ2v) is 7.97. The molecule has 3 N–H and O–H groups in total. The van der Waals surface area contributed by atoms with Crippen LogP contribution in [0.3, 0.4) is 0 Å². The average Bonchev–Trinajstić information content (AvgIpc) is 2.98. The molecule has 1 heterocycles. The zero-order valence-electron chi connectivity index (χ0n) is 13.1. The summed E-state index contributed by atoms with van der Waals surface area (Å²) in [5, 5.41) is 0.342. The van der Waals surface area contributed by atoms with Gasteiger partial charge < -0.3 is 15.2 Å². The maximum Gasteiger partial charge on any atom is 0.244 e. The van der Waals surface area contributed by atoms with Crippen molar-refractivity contribution in [3.63, 3.8) is 0 Å². The lowest BCUT2D eigenvalue weighted by Crippen LogP contribution is -2.29. The molecule has 0 radical (unpaired) electrons. The molecule has 2 atom stereocenters. The SMILES string of the molecule is CC(N)CCNS(=O)(=O)c1cc(Cl)ccc1OCC1CCOC1. The van der Waals surface area contributed by atoms with E-state index in [1.54, 1.807) is 12.1 Å². The molecule has 6 nitrogen and oxygen atoms in total. The van der Waals surface area contributed by atoms with E-state index in [1.165, 1.54) is 6.07 Å². The monoisotopic (exact) mass is 362 g/mol. The number of nitrogens with one attached hydrogen (secondary N) is 1. The number of ether oxygens (including phenoxy) is 2. The minimum absolute atomic E-state index is 0.0496. The van der Waals surface area contributed by atoms with Gasteiger partial charge in [-0.05, 0) is 38.0 Å². The number of hydrogen-bond acceptors (Lipinski definition) is 5. The van der Waals surface area contributed by atoms with Gasteiger partial charge in [-0.3, -0.25) is 0 Å². The molecule has 1 saturated heterocycles. The Bertz CT molecular complexity index is 616. The van der Waals surface area contributed by atoms with Crippen LogP contribution in [0.4, 0.5) is 0 Å². The molecule has 2 unspecified atom stereocenters. The van der Waals surface area contributed by atoms with Crippen molar-refractivity contribution < 1.29 is 17.9 Å². The molecule has 0 saturated carbocycles. The molecule has 0 bridgehead atoms. The Hall–Kier alpha value is -0.860. The molecule has 0 amide bonds. The Labute approximate surface area is 142 Å². The van der Waals surface area contributed by atoms with Crippen LogP contribution in [-0.4, -0.2) is 40.8 Å². The summed E-state index contributed by atoms with van der Waals surface area (Å²) in [6.07, 6.45) is 1.47. The second kappa shape index (κ2) is 8.30. The fourth-order valence-electron chi connectivity index (χ4n) is 2.23. The Morgan fingerprint density at radius 3 is 2.96 bits per heavy atom. The Kier molecular flexibility index (Phi) is 6.67. The van der Waals surface area contributed by atoms with E-state index >= 15 is 0 Å². The quantitative estimate of drug-likeness (QED) is 0.735. The third-order valence-electron chi connectivity index (χ3n) is 3.59. The highest BCUT2D eigenvalue weighted by molar-refractivity contribution is 7.89. The molecule has 0 spiro atoms. The third-order valence-corrected chi connectivity index (χ3v) is 5.30. The number of rotatable bonds is 8. The second-order valence-electron chi connectivity index (χ2n) is 5.80. The highest BCUT2D eigenvalue weighted by Crippen LogP contribution is 2.28. The maximum absolute atomic E-state index is 12.5. The molecule has 23 heavy (non-hydrogen) atoms. The molecule has 1 aliphatic heterocycles. The summed E-state index contributed by atoms with van der Waals surface area (Å²) in [7, 11) is -3.70. The van der Waals surface area contributed by atoms with Crippen LogP contribution in [0.25, 0.3) is 0 Å². The van der Waals surface area contributed by atoms with Gasteiger partial charge in [-0.25, -0.2) is 13.1 Å². The minimum atomic E-state index is -3.70. The Morgan fingerprint density at radius 2 is 2.30 bits per heavy atom. The van der Waals surface area contributed by atoms with Gasteiger partial charge in [-0.1, -0.05) is 11.6 Å². The number of nitrogens with two attached hydrogens (primary N) is 1. The first-order valence-corrected chi connectivity index (χ1v) is 9.50. The van der Waals surface area contributed by atoms with Gasteiger partial charge in [0.2, 0.25) is 10.0 Å². The van der Waals surface area contributed by atoms with E-state index in [2.05, 4.69) is 4.72 Å². The molecule has 0 aliphatic carbocycles. The van der Waals surface area contributed by atoms with E-state index in [0.717, 1.165) is 13.0 Å². The van der Waals surface area contributed by atoms with Crippen molar-refractivity contribution in [2.24, 2.45) is 11.7 Å². The standard InChI is InChI=1S/C15H23ClN2O4S/c1-11(17)4-6-18-23(19,20)15-8-13(16)2-3-14(15)22-10-12-5-7-21-9-12/h2-3,8,11-12,18H,4-7,9-10,17H2,1H3. The van der Waals surface area contributed by atoms with Crippen LogP contribution >= 0.6 is 11.6 Å². The van der Waals surface area contributed by atoms with E-state index in [9.17, 15) is 8.42 Å². The first-order valence-electron chi connectivity index (χ1n) is 7.64. The lowest BCUT2D eigenvalue weighted by molar-refractivity contribution is 0.166. The van der Waals surface area contributed by atoms with Gasteiger partial charge in [-0.15, -0.1) is 0 Å². The molecular formula is C15H23ClN2O4S. The fourth-order valence-corrected chi connectivity index (χ4v) is 3.69. The van der Waals surface area contributed by atoms with Crippen LogP contribution in [0.1, 0.15) is 19.8 Å². The summed E-state index contributed by atoms with van der Waals surface area (Å²) in [5.41, 5.74) is 5.64. The summed E-state index contributed by atoms with van der Waals surface area (Å²) in [4.78, 5) is 0.0496. The predicted molar refractivity (Wildman–Crippen MR) is 89.3 cm³/mol. The van der Waals surface area contributed by atoms with Crippen LogP contribution in [0.5, 0.6) is 5.75 Å². The summed E-state index contributed by atoms with van der Waals surface area (Å²) in [5.74, 6) is 0.585. The van der Waals surface area contributed by atoms with Gasteiger partial charge >= 0.3 is 0 Å². The first-order chi connectivity index (χ1) is 10.9. The molecule has 2 rings (SSSR count). The van der Waals surface area contributed by atoms with E-state index in [-0.39, 0.29) is 23.4 Å². The molecule has 130 valence electrons. The average molecular weight is 363 g/mol. The largest absolute Gasteiger partial charge is 0.492 e. The van der Waals surface area contributed by atoms with Gasteiger partial charge in [0.15, 0.2) is 0 Å². The lowest BCUT2D eigenvalue weighted by atomic mass is 10.1. The number of halogens is 1. The van der Waals surface area contributed by atoms with E-state index in [0.29, 0.717) is 30.4 Å². The van der Waals surface area contributed by atoms with Gasteiger partial charge in [0.05, 0.1) is 13.2 Å². The van der Waals surface area contributed by atoms with Crippen LogP contribution in [-0.2, 0) is 14.8 Å². The Balaban J connectivity index is 2.10. The van der Waals surface area contributed by atoms with Gasteiger partial charge in [0, 0.05) is 30.1 Å². The van der Waals surface area contributed by atoms with Crippen molar-refractivity contribution in [2.75, 3.05) is 26.4 Å². The van der Waals surface area contributed by atoms with E-state index in [1.807, 2.05) is 6.92 Å². The number of hydrogen-bond donors (Lipinski definition) is 2. The van der Waals surface area contributed by atoms with Crippen molar-refractivity contribution in [1.29, 1.82) is 0 Å². The molecule has 1 aromatic carbocycles. The highest BCUT2D eigenvalue weighted by atomic mass is 35.5. The zero-order valence-corrected chi connectivity index (χ0v) is 14.7. The summed E-state index contributed by atoms with van der Waals surface area (Å²) in [6.45, 7) is 3.87. The van der Waals surface area contributed by atoms with Crippen LogP contribution in [0, 0.1) is 5.92 Å². The summed E-state index contributed by atoms with van der Waals surface area (Å²) in [6, 6.07) is 4.52. The topological polar surface area (TPSA) is 90.7 Å². The van der Waals surface area contributed by atoms with Gasteiger partial charge in [-0.2, -0.15) is 0 Å². The van der Waals surface area contributed by atoms with Crippen molar-refractivity contribution in [3.05, 3.63) is 23.2 Å². The number of sulfonamides is 1. The van der Waals surface area contributed by atoms with Gasteiger partial charge in [0.25, 0.3) is 0 Å². The van der Waals surface area contributed by atoms with E-state index < -0.39 is 10.0 Å². The number of benzene rings is 1. The normalized spacial score (nSPS) is 19.7. The molecular weight excluding hydrogens is 340 g/mol. The van der Waals surface area contributed by atoms with Crippen molar-refractivity contribution >= 4 is 21.6 Å². The van der Waals surface area contributed by atoms with Crippen LogP contribution in [0.2, 0.25) is 5.02 Å². The molecule has 1 fully saturated rings. The fraction of sp³-hybridized carbons (Fsp3) is 0.600. The zero-order chi connectivity index (χ0) is 16.9. The van der Waals surface area contributed by atoms with Gasteiger partial charge in [0.1, 0.15) is 10.6 Å². The molecule has 1 aliphatic rings. The first kappa shape index (κ1) is 18.5. The highest BCUT2D eigenvalue weighted by Gasteiger charge is 2.22. The lowest BCUT2D eigenvalue weighted by Gasteiger charge is -2.15. The summed E-state index contributed by atoms with van der Waals surface area (Å²) >= 11 is 5.95. The van der Waals surface area contributed by atoms with E-state index in [4.69, 9.17) is 26.8 Å². The van der Waals surface area contributed by atoms with Crippen LogP contribution < -0.4 is 15.2 Å². The molecule has 8 heteroatoms. The molecule has 0 aromatic heterocycles. The van der Waals surface area contributed by atoms with Crippen molar-refractivity contribution in [1.82, 2.24) is 4.72 Å². The minimum Gasteiger partial charge on any atom is -0.492 e. The Morgan fingerprint density at radius 1 is 1.52 bits per heavy atom. The maximum atomic E-state index is 12.5. The third kappa shape index (κ3) is 5.61.